The van der Waals surface area contributed by atoms with Crippen LogP contribution >= 0.6 is 0 Å². The van der Waals surface area contributed by atoms with Crippen LogP contribution < -0.4 is 10.6 Å². The molecule has 1 aromatic rings. The lowest BCUT2D eigenvalue weighted by Gasteiger charge is -2.28. The van der Waals surface area contributed by atoms with E-state index in [1.807, 2.05) is 7.05 Å². The minimum absolute atomic E-state index is 0.854. The van der Waals surface area contributed by atoms with E-state index in [-0.39, 0.29) is 0 Å². The van der Waals surface area contributed by atoms with E-state index in [1.165, 1.54) is 11.1 Å². The second kappa shape index (κ2) is 6.40. The third kappa shape index (κ3) is 3.23. The van der Waals surface area contributed by atoms with Gasteiger partial charge in [0.25, 0.3) is 0 Å². The predicted molar refractivity (Wildman–Crippen MR) is 75.8 cm³/mol. The summed E-state index contributed by atoms with van der Waals surface area (Å²) in [7, 11) is 3.67. The molecule has 1 aromatic carbocycles. The fourth-order valence-electron chi connectivity index (χ4n) is 2.36. The van der Waals surface area contributed by atoms with E-state index in [1.54, 1.807) is 7.05 Å². The van der Waals surface area contributed by atoms with E-state index in [0.717, 1.165) is 38.6 Å². The van der Waals surface area contributed by atoms with Crippen molar-refractivity contribution in [1.82, 2.24) is 15.5 Å². The maximum Gasteiger partial charge on any atom is 0.190 e. The average molecular weight is 246 g/mol. The topological polar surface area (TPSA) is 39.7 Å². The Labute approximate surface area is 109 Å². The Morgan fingerprint density at radius 2 is 2.11 bits per heavy atom. The standard InChI is InChI=1S/C14H22N4/c1-15-14(16-2)17-8-10-18-9-7-12-5-3-4-6-13(12)11-18/h3-6H,7-11H2,1-2H3,(H2,15,16,17). The lowest BCUT2D eigenvalue weighted by atomic mass is 10.00. The molecule has 0 aromatic heterocycles. The second-order valence-electron chi connectivity index (χ2n) is 4.54. The molecule has 0 aliphatic carbocycles. The number of nitrogens with one attached hydrogen (secondary N) is 2. The van der Waals surface area contributed by atoms with Crippen LogP contribution in [0.3, 0.4) is 0 Å². The number of aliphatic imine (C=N–C) groups is 1. The average Bonchev–Trinajstić information content (AvgIpc) is 2.43. The highest BCUT2D eigenvalue weighted by Gasteiger charge is 2.14. The molecule has 0 amide bonds. The smallest absolute Gasteiger partial charge is 0.190 e. The molecule has 0 atom stereocenters. The van der Waals surface area contributed by atoms with Crippen molar-refractivity contribution in [2.24, 2.45) is 4.99 Å². The highest BCUT2D eigenvalue weighted by Crippen LogP contribution is 2.17. The molecule has 0 saturated heterocycles. The summed E-state index contributed by atoms with van der Waals surface area (Å²) in [5.74, 6) is 0.854. The van der Waals surface area contributed by atoms with Crippen LogP contribution in [0.2, 0.25) is 0 Å². The van der Waals surface area contributed by atoms with Crippen molar-refractivity contribution in [2.75, 3.05) is 33.7 Å². The zero-order valence-electron chi connectivity index (χ0n) is 11.2. The molecule has 0 unspecified atom stereocenters. The first-order valence-corrected chi connectivity index (χ1v) is 6.51. The van der Waals surface area contributed by atoms with E-state index < -0.39 is 0 Å². The van der Waals surface area contributed by atoms with Crippen LogP contribution in [0.25, 0.3) is 0 Å². The van der Waals surface area contributed by atoms with E-state index in [4.69, 9.17) is 0 Å². The molecular formula is C14H22N4. The normalized spacial score (nSPS) is 16.2. The molecule has 1 heterocycles. The molecule has 2 rings (SSSR count). The predicted octanol–water partition coefficient (Wildman–Crippen LogP) is 0.840. The maximum absolute atomic E-state index is 4.10. The van der Waals surface area contributed by atoms with Gasteiger partial charge >= 0.3 is 0 Å². The monoisotopic (exact) mass is 246 g/mol. The van der Waals surface area contributed by atoms with Crippen molar-refractivity contribution in [1.29, 1.82) is 0 Å². The molecule has 4 nitrogen and oxygen atoms in total. The zero-order chi connectivity index (χ0) is 12.8. The van der Waals surface area contributed by atoms with E-state index >= 15 is 0 Å². The van der Waals surface area contributed by atoms with Gasteiger partial charge in [-0.3, -0.25) is 9.89 Å². The van der Waals surface area contributed by atoms with Gasteiger partial charge in [0, 0.05) is 40.3 Å². The van der Waals surface area contributed by atoms with Gasteiger partial charge in [-0.2, -0.15) is 0 Å². The molecule has 0 radical (unpaired) electrons. The number of rotatable bonds is 3. The summed E-state index contributed by atoms with van der Waals surface area (Å²) >= 11 is 0. The van der Waals surface area contributed by atoms with Crippen LogP contribution in [-0.4, -0.2) is 44.6 Å². The summed E-state index contributed by atoms with van der Waals surface area (Å²) in [6.07, 6.45) is 1.16. The molecule has 1 aliphatic heterocycles. The summed E-state index contributed by atoms with van der Waals surface area (Å²) in [6.45, 7) is 4.19. The quantitative estimate of drug-likeness (QED) is 0.613. The first-order chi connectivity index (χ1) is 8.83. The summed E-state index contributed by atoms with van der Waals surface area (Å²) in [5.41, 5.74) is 2.98. The van der Waals surface area contributed by atoms with E-state index in [2.05, 4.69) is 44.8 Å². The molecule has 0 fully saturated rings. The minimum Gasteiger partial charge on any atom is -0.359 e. The van der Waals surface area contributed by atoms with E-state index in [9.17, 15) is 0 Å². The lowest BCUT2D eigenvalue weighted by molar-refractivity contribution is 0.258. The molecule has 18 heavy (non-hydrogen) atoms. The maximum atomic E-state index is 4.10. The van der Waals surface area contributed by atoms with Crippen molar-refractivity contribution in [3.63, 3.8) is 0 Å². The molecule has 4 heteroatoms. The third-order valence-corrected chi connectivity index (χ3v) is 3.39. The van der Waals surface area contributed by atoms with Crippen LogP contribution in [0.15, 0.2) is 29.3 Å². The number of fused-ring (bicyclic) bond motifs is 1. The number of nitrogens with zero attached hydrogens (tertiary/aromatic N) is 2. The number of hydrogen-bond donors (Lipinski definition) is 2. The molecule has 0 saturated carbocycles. The molecular weight excluding hydrogens is 224 g/mol. The van der Waals surface area contributed by atoms with Gasteiger partial charge in [0.1, 0.15) is 0 Å². The largest absolute Gasteiger partial charge is 0.359 e. The highest BCUT2D eigenvalue weighted by atomic mass is 15.2. The minimum atomic E-state index is 0.854. The fourth-order valence-corrected chi connectivity index (χ4v) is 2.36. The van der Waals surface area contributed by atoms with Gasteiger partial charge in [-0.15, -0.1) is 0 Å². The van der Waals surface area contributed by atoms with E-state index in [0.29, 0.717) is 0 Å². The van der Waals surface area contributed by atoms with Gasteiger partial charge in [0.05, 0.1) is 0 Å². The summed E-state index contributed by atoms with van der Waals surface area (Å²) in [4.78, 5) is 6.59. The van der Waals surface area contributed by atoms with Crippen molar-refractivity contribution >= 4 is 5.96 Å². The van der Waals surface area contributed by atoms with Gasteiger partial charge in [-0.1, -0.05) is 24.3 Å². The van der Waals surface area contributed by atoms with Crippen LogP contribution in [0.5, 0.6) is 0 Å². The lowest BCUT2D eigenvalue weighted by Crippen LogP contribution is -2.41. The Balaban J connectivity index is 1.80. The number of hydrogen-bond acceptors (Lipinski definition) is 2. The van der Waals surface area contributed by atoms with Gasteiger partial charge < -0.3 is 10.6 Å². The van der Waals surface area contributed by atoms with Crippen LogP contribution in [0.4, 0.5) is 0 Å². The molecule has 0 spiro atoms. The summed E-state index contributed by atoms with van der Waals surface area (Å²) in [6, 6.07) is 8.74. The second-order valence-corrected chi connectivity index (χ2v) is 4.54. The summed E-state index contributed by atoms with van der Waals surface area (Å²) in [5, 5.41) is 6.31. The molecule has 98 valence electrons. The van der Waals surface area contributed by atoms with Crippen molar-refractivity contribution in [3.05, 3.63) is 35.4 Å². The fraction of sp³-hybridized carbons (Fsp3) is 0.500. The van der Waals surface area contributed by atoms with Crippen LogP contribution in [0.1, 0.15) is 11.1 Å². The van der Waals surface area contributed by atoms with Crippen molar-refractivity contribution < 1.29 is 0 Å². The molecule has 2 N–H and O–H groups in total. The van der Waals surface area contributed by atoms with Crippen LogP contribution in [0, 0.1) is 0 Å². The first-order valence-electron chi connectivity index (χ1n) is 6.51. The van der Waals surface area contributed by atoms with Gasteiger partial charge in [-0.05, 0) is 17.5 Å². The summed E-state index contributed by atoms with van der Waals surface area (Å²) < 4.78 is 0. The highest BCUT2D eigenvalue weighted by molar-refractivity contribution is 5.79. The SMILES string of the molecule is CN=C(NC)NCCN1CCc2ccccc2C1. The Hall–Kier alpha value is -1.55. The van der Waals surface area contributed by atoms with Crippen LogP contribution in [-0.2, 0) is 13.0 Å². The van der Waals surface area contributed by atoms with Gasteiger partial charge in [0.2, 0.25) is 0 Å². The first kappa shape index (κ1) is 12.9. The third-order valence-electron chi connectivity index (χ3n) is 3.39. The zero-order valence-corrected chi connectivity index (χ0v) is 11.2. The molecule has 0 bridgehead atoms. The van der Waals surface area contributed by atoms with Crippen molar-refractivity contribution in [2.45, 2.75) is 13.0 Å². The Morgan fingerprint density at radius 3 is 2.83 bits per heavy atom. The number of guanidine groups is 1. The number of benzene rings is 1. The Morgan fingerprint density at radius 1 is 1.33 bits per heavy atom. The Kier molecular flexibility index (Phi) is 4.59. The van der Waals surface area contributed by atoms with Gasteiger partial charge in [-0.25, -0.2) is 0 Å². The van der Waals surface area contributed by atoms with Crippen molar-refractivity contribution in [3.8, 4) is 0 Å². The Bertz CT molecular complexity index is 414. The van der Waals surface area contributed by atoms with Gasteiger partial charge in [0.15, 0.2) is 5.96 Å². The molecule has 1 aliphatic rings.